The van der Waals surface area contributed by atoms with Crippen LogP contribution in [0.15, 0.2) is 18.2 Å². The second-order valence-corrected chi connectivity index (χ2v) is 6.17. The minimum absolute atomic E-state index is 0.0355. The fourth-order valence-corrected chi connectivity index (χ4v) is 3.16. The molecule has 1 aromatic rings. The van der Waals surface area contributed by atoms with Crippen LogP contribution in [-0.2, 0) is 10.2 Å². The molecular formula is C15H22N2O3S. The van der Waals surface area contributed by atoms with E-state index in [1.54, 1.807) is 26.0 Å². The smallest absolute Gasteiger partial charge is 0.301 e. The molecule has 0 fully saturated rings. The second kappa shape index (κ2) is 8.03. The van der Waals surface area contributed by atoms with Gasteiger partial charge >= 0.3 is 10.2 Å². The predicted molar refractivity (Wildman–Crippen MR) is 85.2 cm³/mol. The van der Waals surface area contributed by atoms with Crippen molar-refractivity contribution in [2.45, 2.75) is 27.2 Å². The molecule has 0 bridgehead atoms. The summed E-state index contributed by atoms with van der Waals surface area (Å²) in [4.78, 5) is 0. The molecule has 2 N–H and O–H groups in total. The molecule has 0 aliphatic rings. The Hall–Kier alpha value is -1.55. The van der Waals surface area contributed by atoms with Gasteiger partial charge in [0.1, 0.15) is 0 Å². The van der Waals surface area contributed by atoms with E-state index in [2.05, 4.69) is 16.6 Å². The molecule has 0 unspecified atom stereocenters. The van der Waals surface area contributed by atoms with Crippen molar-refractivity contribution in [1.82, 2.24) is 4.31 Å². The average Bonchev–Trinajstić information content (AvgIpc) is 2.43. The minimum Gasteiger partial charge on any atom is -0.395 e. The third-order valence-electron chi connectivity index (χ3n) is 2.98. The number of aliphatic hydroxyl groups excluding tert-OH is 1. The van der Waals surface area contributed by atoms with Gasteiger partial charge in [-0.15, -0.1) is 0 Å². The molecule has 0 aliphatic heterocycles. The molecule has 0 radical (unpaired) electrons. The van der Waals surface area contributed by atoms with Gasteiger partial charge in [0, 0.05) is 25.1 Å². The summed E-state index contributed by atoms with van der Waals surface area (Å²) in [6.07, 6.45) is 0.426. The molecule has 0 atom stereocenters. The first-order valence-corrected chi connectivity index (χ1v) is 8.36. The van der Waals surface area contributed by atoms with Crippen LogP contribution in [0.2, 0.25) is 0 Å². The Morgan fingerprint density at radius 2 is 1.95 bits per heavy atom. The molecule has 1 rings (SSSR count). The lowest BCUT2D eigenvalue weighted by Crippen LogP contribution is -2.35. The molecule has 0 spiro atoms. The summed E-state index contributed by atoms with van der Waals surface area (Å²) < 4.78 is 28.3. The Balaban J connectivity index is 2.94. The lowest BCUT2D eigenvalue weighted by atomic mass is 10.1. The quantitative estimate of drug-likeness (QED) is 0.786. The van der Waals surface area contributed by atoms with Crippen LogP contribution in [0, 0.1) is 18.8 Å². The highest BCUT2D eigenvalue weighted by Crippen LogP contribution is 2.18. The molecular weight excluding hydrogens is 288 g/mol. The van der Waals surface area contributed by atoms with E-state index in [0.717, 1.165) is 11.1 Å². The van der Waals surface area contributed by atoms with Crippen LogP contribution in [0.3, 0.4) is 0 Å². The highest BCUT2D eigenvalue weighted by atomic mass is 32.2. The lowest BCUT2D eigenvalue weighted by Gasteiger charge is -2.20. The van der Waals surface area contributed by atoms with Gasteiger partial charge in [0.25, 0.3) is 0 Å². The van der Waals surface area contributed by atoms with Crippen molar-refractivity contribution in [3.63, 3.8) is 0 Å². The Morgan fingerprint density at radius 1 is 1.29 bits per heavy atom. The molecule has 0 heterocycles. The van der Waals surface area contributed by atoms with Crippen molar-refractivity contribution in [1.29, 1.82) is 0 Å². The molecule has 0 saturated heterocycles. The van der Waals surface area contributed by atoms with E-state index in [4.69, 9.17) is 5.11 Å². The molecule has 6 heteroatoms. The number of rotatable bonds is 6. The maximum atomic E-state index is 12.2. The first kappa shape index (κ1) is 17.5. The highest BCUT2D eigenvalue weighted by molar-refractivity contribution is 7.90. The first-order chi connectivity index (χ1) is 9.94. The summed E-state index contributed by atoms with van der Waals surface area (Å²) in [5.41, 5.74) is 2.16. The lowest BCUT2D eigenvalue weighted by molar-refractivity contribution is 0.305. The number of aliphatic hydroxyl groups is 1. The third kappa shape index (κ3) is 5.05. The van der Waals surface area contributed by atoms with Crippen molar-refractivity contribution >= 4 is 15.9 Å². The van der Waals surface area contributed by atoms with Crippen LogP contribution in [0.1, 0.15) is 31.4 Å². The number of aryl methyl sites for hydroxylation is 1. The van der Waals surface area contributed by atoms with Crippen LogP contribution < -0.4 is 4.72 Å². The third-order valence-corrected chi connectivity index (χ3v) is 4.65. The molecule has 21 heavy (non-hydrogen) atoms. The molecule has 0 saturated carbocycles. The van der Waals surface area contributed by atoms with E-state index >= 15 is 0 Å². The molecule has 5 nitrogen and oxygen atoms in total. The largest absolute Gasteiger partial charge is 0.395 e. The monoisotopic (exact) mass is 310 g/mol. The van der Waals surface area contributed by atoms with Gasteiger partial charge in [-0.2, -0.15) is 12.7 Å². The van der Waals surface area contributed by atoms with Gasteiger partial charge in [-0.1, -0.05) is 25.7 Å². The first-order valence-electron chi connectivity index (χ1n) is 6.92. The van der Waals surface area contributed by atoms with E-state index < -0.39 is 10.2 Å². The van der Waals surface area contributed by atoms with Crippen molar-refractivity contribution in [2.24, 2.45) is 0 Å². The van der Waals surface area contributed by atoms with Crippen LogP contribution in [0.5, 0.6) is 0 Å². The Bertz CT molecular complexity index is 626. The fraction of sp³-hybridized carbons (Fsp3) is 0.467. The van der Waals surface area contributed by atoms with Crippen LogP contribution >= 0.6 is 0 Å². The van der Waals surface area contributed by atoms with Crippen LogP contribution in [-0.4, -0.2) is 37.5 Å². The van der Waals surface area contributed by atoms with Gasteiger partial charge in [0.15, 0.2) is 0 Å². The predicted octanol–water partition coefficient (Wildman–Crippen LogP) is 1.73. The number of hydrogen-bond acceptors (Lipinski definition) is 3. The SMILES string of the molecule is CCN(CC)S(=O)(=O)Nc1ccc(C#CCCO)cc1C. The minimum atomic E-state index is -3.52. The zero-order chi connectivity index (χ0) is 15.9. The summed E-state index contributed by atoms with van der Waals surface area (Å²) in [6, 6.07) is 5.29. The molecule has 116 valence electrons. The summed E-state index contributed by atoms with van der Waals surface area (Å²) in [6.45, 7) is 6.32. The Morgan fingerprint density at radius 3 is 2.48 bits per heavy atom. The highest BCUT2D eigenvalue weighted by Gasteiger charge is 2.18. The van der Waals surface area contributed by atoms with Gasteiger partial charge in [0.05, 0.1) is 12.3 Å². The summed E-state index contributed by atoms with van der Waals surface area (Å²) in [5, 5.41) is 8.69. The number of benzene rings is 1. The standard InChI is InChI=1S/C15H22N2O3S/c1-4-17(5-2)21(19,20)16-15-10-9-14(12-13(15)3)8-6-7-11-18/h9-10,12,16,18H,4-5,7,11H2,1-3H3. The van der Waals surface area contributed by atoms with Gasteiger partial charge in [-0.05, 0) is 30.7 Å². The zero-order valence-electron chi connectivity index (χ0n) is 12.7. The number of nitrogens with zero attached hydrogens (tertiary/aromatic N) is 1. The second-order valence-electron chi connectivity index (χ2n) is 4.50. The van der Waals surface area contributed by atoms with E-state index in [1.807, 2.05) is 13.0 Å². The topological polar surface area (TPSA) is 69.6 Å². The normalized spacial score (nSPS) is 11.1. The Labute approximate surface area is 127 Å². The van der Waals surface area contributed by atoms with Crippen LogP contribution in [0.25, 0.3) is 0 Å². The van der Waals surface area contributed by atoms with Gasteiger partial charge in [-0.3, -0.25) is 4.72 Å². The van der Waals surface area contributed by atoms with E-state index in [-0.39, 0.29) is 6.61 Å². The number of anilines is 1. The van der Waals surface area contributed by atoms with Crippen molar-refractivity contribution < 1.29 is 13.5 Å². The Kier molecular flexibility index (Phi) is 6.69. The molecule has 0 aliphatic carbocycles. The number of hydrogen-bond donors (Lipinski definition) is 2. The van der Waals surface area contributed by atoms with Gasteiger partial charge < -0.3 is 5.11 Å². The van der Waals surface area contributed by atoms with E-state index in [0.29, 0.717) is 25.2 Å². The molecule has 0 amide bonds. The maximum absolute atomic E-state index is 12.2. The van der Waals surface area contributed by atoms with Gasteiger partial charge in [0.2, 0.25) is 0 Å². The maximum Gasteiger partial charge on any atom is 0.301 e. The molecule has 0 aromatic heterocycles. The van der Waals surface area contributed by atoms with Crippen LogP contribution in [0.4, 0.5) is 5.69 Å². The summed E-state index contributed by atoms with van der Waals surface area (Å²) in [5.74, 6) is 5.76. The van der Waals surface area contributed by atoms with E-state index in [9.17, 15) is 8.42 Å². The summed E-state index contributed by atoms with van der Waals surface area (Å²) >= 11 is 0. The fourth-order valence-electron chi connectivity index (χ4n) is 1.84. The average molecular weight is 310 g/mol. The van der Waals surface area contributed by atoms with Crippen molar-refractivity contribution in [2.75, 3.05) is 24.4 Å². The van der Waals surface area contributed by atoms with Gasteiger partial charge in [-0.25, -0.2) is 0 Å². The molecule has 1 aromatic carbocycles. The number of nitrogens with one attached hydrogen (secondary N) is 1. The van der Waals surface area contributed by atoms with E-state index in [1.165, 1.54) is 4.31 Å². The zero-order valence-corrected chi connectivity index (χ0v) is 13.5. The summed E-state index contributed by atoms with van der Waals surface area (Å²) in [7, 11) is -3.52. The van der Waals surface area contributed by atoms with Crippen molar-refractivity contribution in [3.05, 3.63) is 29.3 Å². The van der Waals surface area contributed by atoms with Crippen molar-refractivity contribution in [3.8, 4) is 11.8 Å².